The maximum atomic E-state index is 12.2. The number of likely N-dealkylation sites (tertiary alicyclic amines) is 1. The van der Waals surface area contributed by atoms with Crippen molar-refractivity contribution in [2.45, 2.75) is 32.2 Å². The zero-order chi connectivity index (χ0) is 14.5. The lowest BCUT2D eigenvalue weighted by atomic mass is 9.84. The molecule has 1 aliphatic rings. The van der Waals surface area contributed by atoms with E-state index in [-0.39, 0.29) is 17.9 Å². The molecule has 1 amide bonds. The zero-order valence-corrected chi connectivity index (χ0v) is 12.0. The van der Waals surface area contributed by atoms with Crippen LogP contribution in [0.3, 0.4) is 0 Å². The molecule has 0 bridgehead atoms. The standard InChI is InChI=1S/C16H21NO3/c1-12-11-17(14(18)9-6-10-15(19)20-2)16(12)13-7-4-3-5-8-13/h3-5,7-8,12,16H,6,9-11H2,1-2H3/t12-,16-/m0/s1. The van der Waals surface area contributed by atoms with Crippen molar-refractivity contribution in [3.8, 4) is 0 Å². The predicted octanol–water partition coefficient (Wildman–Crippen LogP) is 2.55. The molecule has 0 saturated carbocycles. The Morgan fingerprint density at radius 3 is 2.55 bits per heavy atom. The SMILES string of the molecule is COC(=O)CCCC(=O)N1C[C@H](C)[C@H]1c1ccccc1. The van der Waals surface area contributed by atoms with Crippen LogP contribution in [0.5, 0.6) is 0 Å². The van der Waals surface area contributed by atoms with Gasteiger partial charge in [0.15, 0.2) is 0 Å². The van der Waals surface area contributed by atoms with Crippen LogP contribution in [0.1, 0.15) is 37.8 Å². The van der Waals surface area contributed by atoms with Gasteiger partial charge in [-0.2, -0.15) is 0 Å². The van der Waals surface area contributed by atoms with Crippen LogP contribution in [0.4, 0.5) is 0 Å². The van der Waals surface area contributed by atoms with Gasteiger partial charge in [0.05, 0.1) is 13.2 Å². The molecule has 4 nitrogen and oxygen atoms in total. The lowest BCUT2D eigenvalue weighted by Crippen LogP contribution is -2.51. The summed E-state index contributed by atoms with van der Waals surface area (Å²) in [5.74, 6) is 0.359. The summed E-state index contributed by atoms with van der Waals surface area (Å²) in [6.45, 7) is 2.96. The van der Waals surface area contributed by atoms with E-state index >= 15 is 0 Å². The first-order chi connectivity index (χ1) is 9.63. The smallest absolute Gasteiger partial charge is 0.305 e. The molecule has 1 saturated heterocycles. The van der Waals surface area contributed by atoms with E-state index in [2.05, 4.69) is 23.8 Å². The molecule has 1 fully saturated rings. The van der Waals surface area contributed by atoms with Crippen LogP contribution in [0, 0.1) is 5.92 Å². The van der Waals surface area contributed by atoms with Gasteiger partial charge in [0.1, 0.15) is 0 Å². The number of carbonyl (C=O) groups excluding carboxylic acids is 2. The summed E-state index contributed by atoms with van der Waals surface area (Å²) in [6.07, 6.45) is 1.27. The van der Waals surface area contributed by atoms with Crippen molar-refractivity contribution in [2.24, 2.45) is 5.92 Å². The minimum Gasteiger partial charge on any atom is -0.469 e. The average Bonchev–Trinajstić information content (AvgIpc) is 2.45. The molecule has 20 heavy (non-hydrogen) atoms. The molecule has 0 aliphatic carbocycles. The largest absolute Gasteiger partial charge is 0.469 e. The normalized spacial score (nSPS) is 21.2. The second-order valence-electron chi connectivity index (χ2n) is 5.31. The van der Waals surface area contributed by atoms with E-state index in [1.165, 1.54) is 12.7 Å². The van der Waals surface area contributed by atoms with Gasteiger partial charge < -0.3 is 9.64 Å². The Kier molecular flexibility index (Phi) is 4.77. The van der Waals surface area contributed by atoms with Gasteiger partial charge in [-0.05, 0) is 17.9 Å². The highest BCUT2D eigenvalue weighted by atomic mass is 16.5. The third kappa shape index (κ3) is 3.18. The van der Waals surface area contributed by atoms with Crippen LogP contribution < -0.4 is 0 Å². The fraction of sp³-hybridized carbons (Fsp3) is 0.500. The Hall–Kier alpha value is -1.84. The van der Waals surface area contributed by atoms with E-state index in [1.807, 2.05) is 23.1 Å². The Bertz CT molecular complexity index is 472. The number of nitrogens with zero attached hydrogens (tertiary/aromatic N) is 1. The monoisotopic (exact) mass is 275 g/mol. The maximum absolute atomic E-state index is 12.2. The third-order valence-electron chi connectivity index (χ3n) is 3.82. The number of hydrogen-bond donors (Lipinski definition) is 0. The molecular weight excluding hydrogens is 254 g/mol. The first-order valence-electron chi connectivity index (χ1n) is 7.04. The van der Waals surface area contributed by atoms with Crippen molar-refractivity contribution < 1.29 is 14.3 Å². The van der Waals surface area contributed by atoms with E-state index in [0.29, 0.717) is 25.2 Å². The van der Waals surface area contributed by atoms with Crippen LogP contribution in [0.25, 0.3) is 0 Å². The Morgan fingerprint density at radius 2 is 1.95 bits per heavy atom. The summed E-state index contributed by atoms with van der Waals surface area (Å²) < 4.78 is 4.58. The number of amides is 1. The zero-order valence-electron chi connectivity index (χ0n) is 12.0. The Balaban J connectivity index is 1.89. The molecule has 1 aromatic rings. The summed E-state index contributed by atoms with van der Waals surface area (Å²) in [5, 5.41) is 0. The van der Waals surface area contributed by atoms with Gasteiger partial charge in [-0.25, -0.2) is 0 Å². The molecule has 2 rings (SSSR count). The third-order valence-corrected chi connectivity index (χ3v) is 3.82. The molecule has 0 spiro atoms. The van der Waals surface area contributed by atoms with E-state index in [0.717, 1.165) is 6.54 Å². The van der Waals surface area contributed by atoms with Crippen molar-refractivity contribution in [1.29, 1.82) is 0 Å². The molecule has 2 atom stereocenters. The first kappa shape index (κ1) is 14.6. The van der Waals surface area contributed by atoms with Crippen LogP contribution in [-0.4, -0.2) is 30.4 Å². The fourth-order valence-corrected chi connectivity index (χ4v) is 2.74. The van der Waals surface area contributed by atoms with Crippen LogP contribution >= 0.6 is 0 Å². The van der Waals surface area contributed by atoms with Gasteiger partial charge >= 0.3 is 5.97 Å². The summed E-state index contributed by atoms with van der Waals surface area (Å²) in [4.78, 5) is 25.1. The second-order valence-corrected chi connectivity index (χ2v) is 5.31. The molecule has 0 N–H and O–H groups in total. The van der Waals surface area contributed by atoms with Gasteiger partial charge in [0.25, 0.3) is 0 Å². The number of carbonyl (C=O) groups is 2. The van der Waals surface area contributed by atoms with E-state index in [9.17, 15) is 9.59 Å². The number of hydrogen-bond acceptors (Lipinski definition) is 3. The highest BCUT2D eigenvalue weighted by Crippen LogP contribution is 2.38. The van der Waals surface area contributed by atoms with Gasteiger partial charge in [-0.1, -0.05) is 37.3 Å². The van der Waals surface area contributed by atoms with E-state index in [1.54, 1.807) is 0 Å². The highest BCUT2D eigenvalue weighted by Gasteiger charge is 2.39. The Morgan fingerprint density at radius 1 is 1.25 bits per heavy atom. The molecular formula is C16H21NO3. The minimum absolute atomic E-state index is 0.126. The number of methoxy groups -OCH3 is 1. The second kappa shape index (κ2) is 6.55. The van der Waals surface area contributed by atoms with Crippen LogP contribution in [-0.2, 0) is 14.3 Å². The van der Waals surface area contributed by atoms with Gasteiger partial charge in [0.2, 0.25) is 5.91 Å². The van der Waals surface area contributed by atoms with Crippen LogP contribution in [0.2, 0.25) is 0 Å². The quantitative estimate of drug-likeness (QED) is 0.776. The lowest BCUT2D eigenvalue weighted by molar-refractivity contribution is -0.144. The molecule has 1 aromatic carbocycles. The van der Waals surface area contributed by atoms with Crippen molar-refractivity contribution in [3.63, 3.8) is 0 Å². The summed E-state index contributed by atoms with van der Waals surface area (Å²) in [6, 6.07) is 10.3. The molecule has 1 heterocycles. The molecule has 0 aromatic heterocycles. The topological polar surface area (TPSA) is 46.6 Å². The number of rotatable bonds is 5. The lowest BCUT2D eigenvalue weighted by Gasteiger charge is -2.47. The number of benzene rings is 1. The maximum Gasteiger partial charge on any atom is 0.305 e. The fourth-order valence-electron chi connectivity index (χ4n) is 2.74. The van der Waals surface area contributed by atoms with Crippen molar-refractivity contribution in [1.82, 2.24) is 4.90 Å². The highest BCUT2D eigenvalue weighted by molar-refractivity contribution is 5.78. The molecule has 0 radical (unpaired) electrons. The van der Waals surface area contributed by atoms with Crippen molar-refractivity contribution in [2.75, 3.05) is 13.7 Å². The number of esters is 1. The van der Waals surface area contributed by atoms with E-state index in [4.69, 9.17) is 0 Å². The summed E-state index contributed by atoms with van der Waals surface area (Å²) >= 11 is 0. The molecule has 0 unspecified atom stereocenters. The minimum atomic E-state index is -0.255. The Labute approximate surface area is 119 Å². The molecule has 1 aliphatic heterocycles. The molecule has 108 valence electrons. The van der Waals surface area contributed by atoms with Gasteiger partial charge in [-0.3, -0.25) is 9.59 Å². The molecule has 4 heteroatoms. The summed E-state index contributed by atoms with van der Waals surface area (Å²) in [5.41, 5.74) is 1.19. The number of ether oxygens (including phenoxy) is 1. The van der Waals surface area contributed by atoms with Crippen LogP contribution in [0.15, 0.2) is 30.3 Å². The van der Waals surface area contributed by atoms with Crippen molar-refractivity contribution >= 4 is 11.9 Å². The van der Waals surface area contributed by atoms with Gasteiger partial charge in [-0.15, -0.1) is 0 Å². The predicted molar refractivity (Wildman–Crippen MR) is 75.9 cm³/mol. The van der Waals surface area contributed by atoms with Crippen molar-refractivity contribution in [3.05, 3.63) is 35.9 Å². The first-order valence-corrected chi connectivity index (χ1v) is 7.04. The summed E-state index contributed by atoms with van der Waals surface area (Å²) in [7, 11) is 1.37. The van der Waals surface area contributed by atoms with Gasteiger partial charge in [0, 0.05) is 19.4 Å². The average molecular weight is 275 g/mol. The van der Waals surface area contributed by atoms with E-state index < -0.39 is 0 Å².